The zero-order chi connectivity index (χ0) is 18.4. The van der Waals surface area contributed by atoms with Gasteiger partial charge in [0.25, 0.3) is 0 Å². The first kappa shape index (κ1) is 17.7. The number of hydrogen-bond acceptors (Lipinski definition) is 4. The Balaban J connectivity index is 1.77. The molecule has 1 aromatic heterocycles. The van der Waals surface area contributed by atoms with Crippen LogP contribution in [0, 0.1) is 0 Å². The molecule has 0 atom stereocenters. The Labute approximate surface area is 157 Å². The summed E-state index contributed by atoms with van der Waals surface area (Å²) in [5, 5.41) is 3.85. The number of halogens is 1. The van der Waals surface area contributed by atoms with Gasteiger partial charge in [-0.2, -0.15) is 0 Å². The van der Waals surface area contributed by atoms with Crippen LogP contribution in [-0.2, 0) is 0 Å². The highest BCUT2D eigenvalue weighted by molar-refractivity contribution is 6.30. The fourth-order valence-electron chi connectivity index (χ4n) is 2.34. The lowest BCUT2D eigenvalue weighted by Crippen LogP contribution is -1.97. The number of carbonyl (C=O) groups excluding carboxylic acids is 1. The minimum absolute atomic E-state index is 0.0964. The van der Waals surface area contributed by atoms with E-state index < -0.39 is 0 Å². The van der Waals surface area contributed by atoms with Gasteiger partial charge < -0.3 is 10.1 Å². The van der Waals surface area contributed by atoms with Gasteiger partial charge in [-0.15, -0.1) is 0 Å². The van der Waals surface area contributed by atoms with E-state index in [0.29, 0.717) is 16.4 Å². The summed E-state index contributed by atoms with van der Waals surface area (Å²) in [6, 6.07) is 18.1. The standard InChI is InChI=1S/C21H17ClN2O2/c1-26-19-11-9-18(10-12-19)24-21-16(3-2-14-23-21)6-13-20(25)15-4-7-17(22)8-5-15/h2-14H,1H3,(H,23,24). The number of nitrogens with zero attached hydrogens (tertiary/aromatic N) is 1. The Morgan fingerprint density at radius 2 is 1.81 bits per heavy atom. The zero-order valence-electron chi connectivity index (χ0n) is 14.1. The maximum absolute atomic E-state index is 12.3. The average Bonchev–Trinajstić information content (AvgIpc) is 2.68. The van der Waals surface area contributed by atoms with Gasteiger partial charge in [-0.1, -0.05) is 11.6 Å². The third-order valence-electron chi connectivity index (χ3n) is 3.73. The molecular weight excluding hydrogens is 348 g/mol. The first-order chi connectivity index (χ1) is 12.7. The number of rotatable bonds is 6. The molecule has 0 bridgehead atoms. The average molecular weight is 365 g/mol. The summed E-state index contributed by atoms with van der Waals surface area (Å²) >= 11 is 5.85. The Morgan fingerprint density at radius 3 is 2.50 bits per heavy atom. The molecule has 0 aliphatic rings. The molecule has 0 saturated carbocycles. The monoisotopic (exact) mass is 364 g/mol. The van der Waals surface area contributed by atoms with Gasteiger partial charge in [0, 0.05) is 28.0 Å². The smallest absolute Gasteiger partial charge is 0.185 e. The van der Waals surface area contributed by atoms with E-state index >= 15 is 0 Å². The topological polar surface area (TPSA) is 51.2 Å². The molecule has 0 aliphatic heterocycles. The molecule has 26 heavy (non-hydrogen) atoms. The number of hydrogen-bond donors (Lipinski definition) is 1. The van der Waals surface area contributed by atoms with Crippen molar-refractivity contribution in [3.63, 3.8) is 0 Å². The summed E-state index contributed by atoms with van der Waals surface area (Å²) in [5.74, 6) is 1.35. The Morgan fingerprint density at radius 1 is 1.08 bits per heavy atom. The van der Waals surface area contributed by atoms with Crippen molar-refractivity contribution in [2.45, 2.75) is 0 Å². The van der Waals surface area contributed by atoms with Crippen LogP contribution in [0.1, 0.15) is 15.9 Å². The van der Waals surface area contributed by atoms with Gasteiger partial charge in [0.05, 0.1) is 7.11 Å². The third-order valence-corrected chi connectivity index (χ3v) is 3.99. The second kappa shape index (κ2) is 8.32. The number of nitrogens with one attached hydrogen (secondary N) is 1. The van der Waals surface area contributed by atoms with E-state index in [1.165, 1.54) is 6.08 Å². The number of benzene rings is 2. The van der Waals surface area contributed by atoms with E-state index in [0.717, 1.165) is 17.0 Å². The molecular formula is C21H17ClN2O2. The Hall–Kier alpha value is -3.11. The number of carbonyl (C=O) groups is 1. The van der Waals surface area contributed by atoms with Gasteiger partial charge in [-0.25, -0.2) is 4.98 Å². The Bertz CT molecular complexity index is 920. The van der Waals surface area contributed by atoms with E-state index in [2.05, 4.69) is 10.3 Å². The third kappa shape index (κ3) is 4.49. The lowest BCUT2D eigenvalue weighted by molar-refractivity contribution is 0.104. The summed E-state index contributed by atoms with van der Waals surface area (Å²) in [6.07, 6.45) is 4.97. The van der Waals surface area contributed by atoms with Crippen molar-refractivity contribution in [2.75, 3.05) is 12.4 Å². The van der Waals surface area contributed by atoms with Crippen LogP contribution < -0.4 is 10.1 Å². The minimum atomic E-state index is -0.0964. The molecule has 0 amide bonds. The van der Waals surface area contributed by atoms with E-state index in [4.69, 9.17) is 16.3 Å². The number of ketones is 1. The molecule has 3 aromatic rings. The van der Waals surface area contributed by atoms with Crippen LogP contribution in [0.3, 0.4) is 0 Å². The van der Waals surface area contributed by atoms with E-state index in [9.17, 15) is 4.79 Å². The number of allylic oxidation sites excluding steroid dienone is 1. The van der Waals surface area contributed by atoms with Crippen molar-refractivity contribution in [1.29, 1.82) is 0 Å². The van der Waals surface area contributed by atoms with Crippen molar-refractivity contribution in [3.8, 4) is 5.75 Å². The van der Waals surface area contributed by atoms with Crippen molar-refractivity contribution in [3.05, 3.63) is 89.1 Å². The molecule has 0 unspecified atom stereocenters. The maximum atomic E-state index is 12.3. The second-order valence-electron chi connectivity index (χ2n) is 5.50. The van der Waals surface area contributed by atoms with Crippen LogP contribution in [0.15, 0.2) is 72.9 Å². The predicted molar refractivity (Wildman–Crippen MR) is 105 cm³/mol. The summed E-state index contributed by atoms with van der Waals surface area (Å²) in [6.45, 7) is 0. The highest BCUT2D eigenvalue weighted by atomic mass is 35.5. The summed E-state index contributed by atoms with van der Waals surface area (Å²) in [4.78, 5) is 16.6. The molecule has 130 valence electrons. The molecule has 0 saturated heterocycles. The van der Waals surface area contributed by atoms with Crippen LogP contribution in [-0.4, -0.2) is 17.9 Å². The van der Waals surface area contributed by atoms with Gasteiger partial charge in [0.1, 0.15) is 11.6 Å². The van der Waals surface area contributed by atoms with Gasteiger partial charge in [0.2, 0.25) is 0 Å². The minimum Gasteiger partial charge on any atom is -0.497 e. The van der Waals surface area contributed by atoms with E-state index in [1.807, 2.05) is 36.4 Å². The lowest BCUT2D eigenvalue weighted by atomic mass is 10.1. The van der Waals surface area contributed by atoms with Crippen LogP contribution >= 0.6 is 11.6 Å². The van der Waals surface area contributed by atoms with Crippen molar-refractivity contribution in [2.24, 2.45) is 0 Å². The highest BCUT2D eigenvalue weighted by Gasteiger charge is 2.04. The van der Waals surface area contributed by atoms with Gasteiger partial charge in [-0.3, -0.25) is 4.79 Å². The molecule has 5 heteroatoms. The molecule has 3 rings (SSSR count). The van der Waals surface area contributed by atoms with Crippen LogP contribution in [0.5, 0.6) is 5.75 Å². The second-order valence-corrected chi connectivity index (χ2v) is 5.94. The van der Waals surface area contributed by atoms with Crippen LogP contribution in [0.25, 0.3) is 6.08 Å². The molecule has 4 nitrogen and oxygen atoms in total. The largest absolute Gasteiger partial charge is 0.497 e. The lowest BCUT2D eigenvalue weighted by Gasteiger charge is -2.09. The quantitative estimate of drug-likeness (QED) is 0.471. The molecule has 1 heterocycles. The number of anilines is 2. The van der Waals surface area contributed by atoms with Gasteiger partial charge in [0.15, 0.2) is 5.78 Å². The summed E-state index contributed by atoms with van der Waals surface area (Å²) in [5.41, 5.74) is 2.27. The first-order valence-corrected chi connectivity index (χ1v) is 8.37. The van der Waals surface area contributed by atoms with Crippen LogP contribution in [0.2, 0.25) is 5.02 Å². The number of aromatic nitrogens is 1. The van der Waals surface area contributed by atoms with Gasteiger partial charge >= 0.3 is 0 Å². The normalized spacial score (nSPS) is 10.7. The Kier molecular flexibility index (Phi) is 5.66. The summed E-state index contributed by atoms with van der Waals surface area (Å²) < 4.78 is 5.16. The maximum Gasteiger partial charge on any atom is 0.185 e. The van der Waals surface area contributed by atoms with E-state index in [-0.39, 0.29) is 5.78 Å². The predicted octanol–water partition coefficient (Wildman–Crippen LogP) is 5.38. The number of pyridine rings is 1. The molecule has 1 N–H and O–H groups in total. The number of methoxy groups -OCH3 is 1. The van der Waals surface area contributed by atoms with Crippen molar-refractivity contribution < 1.29 is 9.53 Å². The fourth-order valence-corrected chi connectivity index (χ4v) is 2.47. The molecule has 0 spiro atoms. The molecule has 0 aliphatic carbocycles. The highest BCUT2D eigenvalue weighted by Crippen LogP contribution is 2.22. The zero-order valence-corrected chi connectivity index (χ0v) is 14.9. The van der Waals surface area contributed by atoms with Crippen LogP contribution in [0.4, 0.5) is 11.5 Å². The van der Waals surface area contributed by atoms with Crippen molar-refractivity contribution in [1.82, 2.24) is 4.98 Å². The first-order valence-electron chi connectivity index (χ1n) is 8.00. The molecule has 0 fully saturated rings. The van der Waals surface area contributed by atoms with Crippen molar-refractivity contribution >= 4 is 35.0 Å². The molecule has 0 radical (unpaired) electrons. The van der Waals surface area contributed by atoms with E-state index in [1.54, 1.807) is 43.6 Å². The van der Waals surface area contributed by atoms with Gasteiger partial charge in [-0.05, 0) is 72.8 Å². The fraction of sp³-hybridized carbons (Fsp3) is 0.0476. The summed E-state index contributed by atoms with van der Waals surface area (Å²) in [7, 11) is 1.63. The SMILES string of the molecule is COc1ccc(Nc2ncccc2C=CC(=O)c2ccc(Cl)cc2)cc1. The number of ether oxygens (including phenoxy) is 1. The molecule has 2 aromatic carbocycles.